The molecular weight excluding hydrogens is 295 g/mol. The third kappa shape index (κ3) is 4.60. The Balaban J connectivity index is 5.00. The molecule has 0 saturated heterocycles. The van der Waals surface area contributed by atoms with Crippen LogP contribution in [0.5, 0.6) is 0 Å². The molecule has 3 nitrogen and oxygen atoms in total. The summed E-state index contributed by atoms with van der Waals surface area (Å²) in [5.41, 5.74) is -0.922. The number of ether oxygens (including phenoxy) is 1. The average molecular weight is 314 g/mol. The number of hydrogen-bond donors (Lipinski definition) is 0. The molecule has 0 rings (SSSR count). The molecule has 0 aromatic heterocycles. The van der Waals surface area contributed by atoms with Gasteiger partial charge in [0.15, 0.2) is 0 Å². The van der Waals surface area contributed by atoms with Crippen LogP contribution in [-0.2, 0) is 12.4 Å². The van der Waals surface area contributed by atoms with Crippen LogP contribution >= 0.6 is 0 Å². The quantitative estimate of drug-likeness (QED) is 0.588. The first kappa shape index (κ1) is 15.0. The summed E-state index contributed by atoms with van der Waals surface area (Å²) in [5, 5.41) is 0. The van der Waals surface area contributed by atoms with E-state index in [0.717, 1.165) is 0 Å². The summed E-state index contributed by atoms with van der Waals surface area (Å²) in [6.45, 7) is 9.41. The number of rotatable bonds is 4. The van der Waals surface area contributed by atoms with Crippen LogP contribution in [0.3, 0.4) is 0 Å². The first-order valence-corrected chi connectivity index (χ1v) is 6.18. The van der Waals surface area contributed by atoms with E-state index in [1.165, 1.54) is 0 Å². The SMILES string of the molecule is COC(C)(C)/C(=C/C(=O)C(C)(C)C)[O][In]. The molecular formula is C11H19InO3. The molecule has 0 atom stereocenters. The normalized spacial score (nSPS) is 13.9. The second-order valence-electron chi connectivity index (χ2n) is 4.96. The zero-order valence-corrected chi connectivity index (χ0v) is 13.7. The zero-order valence-electron chi connectivity index (χ0n) is 10.4. The molecule has 84 valence electrons. The van der Waals surface area contributed by atoms with E-state index >= 15 is 0 Å². The molecule has 15 heavy (non-hydrogen) atoms. The van der Waals surface area contributed by atoms with Crippen LogP contribution in [0.2, 0.25) is 0 Å². The molecule has 0 aliphatic rings. The molecule has 0 amide bonds. The molecule has 0 aromatic rings. The van der Waals surface area contributed by atoms with Gasteiger partial charge in [0, 0.05) is 0 Å². The van der Waals surface area contributed by atoms with Gasteiger partial charge in [0.1, 0.15) is 0 Å². The fourth-order valence-corrected chi connectivity index (χ4v) is 1.79. The second-order valence-corrected chi connectivity index (χ2v) is 5.63. The van der Waals surface area contributed by atoms with E-state index < -0.39 is 5.60 Å². The number of carbonyl (C=O) groups is 1. The van der Waals surface area contributed by atoms with E-state index in [4.69, 9.17) is 7.59 Å². The Hall–Kier alpha value is 0.0401. The minimum atomic E-state index is -0.541. The molecule has 0 aromatic carbocycles. The molecule has 2 radical (unpaired) electrons. The van der Waals surface area contributed by atoms with Gasteiger partial charge in [-0.1, -0.05) is 0 Å². The van der Waals surface area contributed by atoms with Crippen molar-refractivity contribution in [3.05, 3.63) is 11.8 Å². The van der Waals surface area contributed by atoms with Gasteiger partial charge in [-0.15, -0.1) is 0 Å². The Bertz CT molecular complexity index is 261. The first-order chi connectivity index (χ1) is 6.65. The van der Waals surface area contributed by atoms with Crippen LogP contribution in [-0.4, -0.2) is 43.3 Å². The predicted octanol–water partition coefficient (Wildman–Crippen LogP) is 2.01. The van der Waals surface area contributed by atoms with Crippen LogP contribution in [0.15, 0.2) is 11.8 Å². The van der Waals surface area contributed by atoms with Gasteiger partial charge in [0.05, 0.1) is 0 Å². The van der Waals surface area contributed by atoms with Gasteiger partial charge in [-0.2, -0.15) is 0 Å². The Kier molecular flexibility index (Phi) is 5.41. The molecule has 0 saturated carbocycles. The molecule has 0 aliphatic heterocycles. The van der Waals surface area contributed by atoms with Crippen molar-refractivity contribution in [1.29, 1.82) is 0 Å². The van der Waals surface area contributed by atoms with Crippen molar-refractivity contribution < 1.29 is 12.4 Å². The van der Waals surface area contributed by atoms with Crippen molar-refractivity contribution in [2.75, 3.05) is 7.11 Å². The van der Waals surface area contributed by atoms with E-state index in [9.17, 15) is 4.79 Å². The van der Waals surface area contributed by atoms with Gasteiger partial charge < -0.3 is 0 Å². The molecule has 0 N–H and O–H groups in total. The number of carbonyl (C=O) groups excluding carboxylic acids is 1. The molecule has 0 unspecified atom stereocenters. The summed E-state index contributed by atoms with van der Waals surface area (Å²) in [6.07, 6.45) is 1.55. The Labute approximate surface area is 107 Å². The maximum absolute atomic E-state index is 11.8. The number of hydrogen-bond acceptors (Lipinski definition) is 3. The van der Waals surface area contributed by atoms with E-state index in [-0.39, 0.29) is 11.2 Å². The summed E-state index contributed by atoms with van der Waals surface area (Å²) in [7, 11) is 1.61. The summed E-state index contributed by atoms with van der Waals surface area (Å²) in [4.78, 5) is 11.8. The third-order valence-electron chi connectivity index (χ3n) is 2.23. The van der Waals surface area contributed by atoms with Gasteiger partial charge in [-0.05, 0) is 0 Å². The topological polar surface area (TPSA) is 35.5 Å². The monoisotopic (exact) mass is 314 g/mol. The van der Waals surface area contributed by atoms with Crippen LogP contribution in [0.1, 0.15) is 34.6 Å². The van der Waals surface area contributed by atoms with E-state index in [2.05, 4.69) is 0 Å². The molecule has 0 spiro atoms. The second kappa shape index (κ2) is 5.39. The first-order valence-electron chi connectivity index (χ1n) is 4.83. The van der Waals surface area contributed by atoms with Crippen LogP contribution in [0.25, 0.3) is 0 Å². The van der Waals surface area contributed by atoms with Crippen LogP contribution in [0.4, 0.5) is 0 Å². The molecule has 0 heterocycles. The molecule has 4 heteroatoms. The fraction of sp³-hybridized carbons (Fsp3) is 0.727. The standard InChI is InChI=1S/C11H20O3.In/c1-10(2,3)8(12)7-9(13)11(4,5)14-6;/h7,13H,1-6H3;/q;+1/p-1/b9-7-;. The van der Waals surface area contributed by atoms with Gasteiger partial charge in [0.25, 0.3) is 0 Å². The Morgan fingerprint density at radius 2 is 1.67 bits per heavy atom. The molecule has 0 aliphatic carbocycles. The number of methoxy groups -OCH3 is 1. The molecule has 0 fully saturated rings. The molecule has 0 bridgehead atoms. The van der Waals surface area contributed by atoms with Crippen molar-refractivity contribution in [3.63, 3.8) is 0 Å². The Morgan fingerprint density at radius 3 is 1.93 bits per heavy atom. The van der Waals surface area contributed by atoms with Crippen molar-refractivity contribution in [1.82, 2.24) is 0 Å². The summed E-state index contributed by atoms with van der Waals surface area (Å²) >= 11 is 0.613. The zero-order chi connectivity index (χ0) is 12.3. The van der Waals surface area contributed by atoms with Crippen molar-refractivity contribution in [3.8, 4) is 0 Å². The number of allylic oxidation sites excluding steroid dienone is 1. The predicted molar refractivity (Wildman–Crippen MR) is 60.5 cm³/mol. The van der Waals surface area contributed by atoms with Crippen molar-refractivity contribution in [2.45, 2.75) is 40.2 Å². The van der Waals surface area contributed by atoms with Gasteiger partial charge in [-0.3, -0.25) is 0 Å². The van der Waals surface area contributed by atoms with Gasteiger partial charge in [-0.25, -0.2) is 0 Å². The van der Waals surface area contributed by atoms with E-state index in [0.29, 0.717) is 30.6 Å². The third-order valence-corrected chi connectivity index (χ3v) is 2.96. The van der Waals surface area contributed by atoms with E-state index in [1.54, 1.807) is 13.2 Å². The summed E-state index contributed by atoms with van der Waals surface area (Å²) in [6, 6.07) is 0. The summed E-state index contributed by atoms with van der Waals surface area (Å²) < 4.78 is 10.6. The minimum absolute atomic E-state index is 0.0527. The van der Waals surface area contributed by atoms with Gasteiger partial charge in [0.2, 0.25) is 0 Å². The average Bonchev–Trinajstić information content (AvgIpc) is 2.11. The Morgan fingerprint density at radius 1 is 1.20 bits per heavy atom. The van der Waals surface area contributed by atoms with Crippen molar-refractivity contribution >= 4 is 30.6 Å². The fourth-order valence-electron chi connectivity index (χ4n) is 0.786. The van der Waals surface area contributed by atoms with Crippen LogP contribution < -0.4 is 0 Å². The van der Waals surface area contributed by atoms with Crippen molar-refractivity contribution in [2.24, 2.45) is 5.41 Å². The number of ketones is 1. The van der Waals surface area contributed by atoms with Crippen LogP contribution in [0, 0.1) is 5.41 Å². The summed E-state index contributed by atoms with van der Waals surface area (Å²) in [5.74, 6) is 0.657. The van der Waals surface area contributed by atoms with E-state index in [1.807, 2.05) is 34.6 Å². The van der Waals surface area contributed by atoms with Gasteiger partial charge >= 0.3 is 108 Å². The maximum atomic E-state index is 11.8.